The van der Waals surface area contributed by atoms with E-state index in [0.29, 0.717) is 11.4 Å². The van der Waals surface area contributed by atoms with Crippen molar-refractivity contribution >= 4 is 22.9 Å². The number of carbonyl (C=O) groups is 1. The first-order valence-electron chi connectivity index (χ1n) is 8.00. The summed E-state index contributed by atoms with van der Waals surface area (Å²) in [6, 6.07) is 11.4. The average molecular weight is 351 g/mol. The maximum Gasteiger partial charge on any atom is 0.270 e. The van der Waals surface area contributed by atoms with E-state index in [0.717, 1.165) is 22.0 Å². The Morgan fingerprint density at radius 3 is 2.76 bits per heavy atom. The standard InChI is InChI=1S/C19H17N3O2S/c1-19(2)12-22(14-5-3-4-6-15(14)24-19)18(23)16-11-21-17(25-16)13-7-9-20-10-8-13/h3-11H,12H2,1-2H3. The molecule has 0 saturated carbocycles. The number of anilines is 1. The molecule has 0 N–H and O–H groups in total. The quantitative estimate of drug-likeness (QED) is 0.700. The second-order valence-corrected chi connectivity index (χ2v) is 7.52. The monoisotopic (exact) mass is 351 g/mol. The van der Waals surface area contributed by atoms with E-state index in [1.165, 1.54) is 11.3 Å². The number of nitrogens with zero attached hydrogens (tertiary/aromatic N) is 3. The third kappa shape index (κ3) is 3.00. The van der Waals surface area contributed by atoms with Crippen LogP contribution in [0.5, 0.6) is 5.75 Å². The van der Waals surface area contributed by atoms with Crippen molar-refractivity contribution in [3.8, 4) is 16.3 Å². The molecule has 3 heterocycles. The van der Waals surface area contributed by atoms with Gasteiger partial charge in [-0.2, -0.15) is 0 Å². The number of para-hydroxylation sites is 2. The fourth-order valence-electron chi connectivity index (χ4n) is 2.88. The van der Waals surface area contributed by atoms with E-state index >= 15 is 0 Å². The Hall–Kier alpha value is -2.73. The van der Waals surface area contributed by atoms with Gasteiger partial charge in [-0.05, 0) is 38.1 Å². The normalized spacial score (nSPS) is 15.4. The van der Waals surface area contributed by atoms with Gasteiger partial charge in [0.2, 0.25) is 0 Å². The van der Waals surface area contributed by atoms with E-state index in [-0.39, 0.29) is 5.91 Å². The van der Waals surface area contributed by atoms with Crippen molar-refractivity contribution in [1.29, 1.82) is 0 Å². The summed E-state index contributed by atoms with van der Waals surface area (Å²) >= 11 is 1.39. The highest BCUT2D eigenvalue weighted by Crippen LogP contribution is 2.38. The summed E-state index contributed by atoms with van der Waals surface area (Å²) in [7, 11) is 0. The molecule has 1 aromatic carbocycles. The van der Waals surface area contributed by atoms with Crippen molar-refractivity contribution in [2.75, 3.05) is 11.4 Å². The Bertz CT molecular complexity index is 921. The molecule has 0 bridgehead atoms. The highest BCUT2D eigenvalue weighted by molar-refractivity contribution is 7.17. The van der Waals surface area contributed by atoms with Gasteiger partial charge in [0.1, 0.15) is 21.2 Å². The lowest BCUT2D eigenvalue weighted by Crippen LogP contribution is -2.49. The predicted molar refractivity (Wildman–Crippen MR) is 98.2 cm³/mol. The molecule has 2 aromatic heterocycles. The topological polar surface area (TPSA) is 55.3 Å². The molecule has 4 rings (SSSR count). The van der Waals surface area contributed by atoms with Gasteiger partial charge in [0.25, 0.3) is 5.91 Å². The number of thiazole rings is 1. The fraction of sp³-hybridized carbons (Fsp3) is 0.211. The van der Waals surface area contributed by atoms with Gasteiger partial charge < -0.3 is 9.64 Å². The molecule has 0 unspecified atom stereocenters. The first kappa shape index (κ1) is 15.8. The SMILES string of the molecule is CC1(C)CN(C(=O)c2cnc(-c3ccncc3)s2)c2ccccc2O1. The summed E-state index contributed by atoms with van der Waals surface area (Å²) in [4.78, 5) is 23.9. The molecular weight excluding hydrogens is 334 g/mol. The van der Waals surface area contributed by atoms with E-state index in [4.69, 9.17) is 4.74 Å². The average Bonchev–Trinajstić information content (AvgIpc) is 3.10. The predicted octanol–water partition coefficient (Wildman–Crippen LogP) is 4.02. The lowest BCUT2D eigenvalue weighted by atomic mass is 10.0. The van der Waals surface area contributed by atoms with Crippen molar-refractivity contribution in [1.82, 2.24) is 9.97 Å². The van der Waals surface area contributed by atoms with Gasteiger partial charge in [-0.15, -0.1) is 11.3 Å². The summed E-state index contributed by atoms with van der Waals surface area (Å²) in [5, 5.41) is 0.812. The van der Waals surface area contributed by atoms with Crippen LogP contribution in [0.4, 0.5) is 5.69 Å². The lowest BCUT2D eigenvalue weighted by Gasteiger charge is -2.39. The van der Waals surface area contributed by atoms with E-state index in [2.05, 4.69) is 9.97 Å². The highest BCUT2D eigenvalue weighted by Gasteiger charge is 2.35. The molecule has 0 fully saturated rings. The van der Waals surface area contributed by atoms with Crippen LogP contribution >= 0.6 is 11.3 Å². The molecule has 1 amide bonds. The summed E-state index contributed by atoms with van der Waals surface area (Å²) in [5.41, 5.74) is 1.32. The van der Waals surface area contributed by atoms with Gasteiger partial charge >= 0.3 is 0 Å². The Morgan fingerprint density at radius 1 is 1.20 bits per heavy atom. The van der Waals surface area contributed by atoms with Crippen LogP contribution in [0.1, 0.15) is 23.5 Å². The van der Waals surface area contributed by atoms with E-state index in [1.54, 1.807) is 23.5 Å². The molecule has 0 spiro atoms. The number of ether oxygens (including phenoxy) is 1. The molecule has 126 valence electrons. The van der Waals surface area contributed by atoms with Gasteiger partial charge in [0, 0.05) is 18.0 Å². The van der Waals surface area contributed by atoms with Crippen LogP contribution in [-0.4, -0.2) is 28.0 Å². The van der Waals surface area contributed by atoms with E-state index < -0.39 is 5.60 Å². The fourth-order valence-corrected chi connectivity index (χ4v) is 3.75. The second-order valence-electron chi connectivity index (χ2n) is 6.49. The molecule has 1 aliphatic rings. The largest absolute Gasteiger partial charge is 0.484 e. The molecule has 3 aromatic rings. The molecule has 0 radical (unpaired) electrons. The molecule has 0 atom stereocenters. The number of benzene rings is 1. The molecule has 0 aliphatic carbocycles. The Morgan fingerprint density at radius 2 is 1.96 bits per heavy atom. The maximum atomic E-state index is 13.1. The van der Waals surface area contributed by atoms with Crippen LogP contribution in [0.25, 0.3) is 10.6 Å². The van der Waals surface area contributed by atoms with Crippen molar-refractivity contribution in [2.45, 2.75) is 19.4 Å². The van der Waals surface area contributed by atoms with Crippen LogP contribution in [0.2, 0.25) is 0 Å². The van der Waals surface area contributed by atoms with Crippen molar-refractivity contribution in [3.05, 3.63) is 59.9 Å². The summed E-state index contributed by atoms with van der Waals surface area (Å²) < 4.78 is 6.00. The lowest BCUT2D eigenvalue weighted by molar-refractivity contribution is 0.0839. The zero-order valence-electron chi connectivity index (χ0n) is 14.0. The first-order valence-corrected chi connectivity index (χ1v) is 8.81. The summed E-state index contributed by atoms with van der Waals surface area (Å²) in [6.07, 6.45) is 5.09. The number of aromatic nitrogens is 2. The van der Waals surface area contributed by atoms with Crippen molar-refractivity contribution < 1.29 is 9.53 Å². The maximum absolute atomic E-state index is 13.1. The van der Waals surface area contributed by atoms with Gasteiger partial charge in [0.05, 0.1) is 18.4 Å². The summed E-state index contributed by atoms with van der Waals surface area (Å²) in [5.74, 6) is 0.674. The highest BCUT2D eigenvalue weighted by atomic mass is 32.1. The van der Waals surface area contributed by atoms with E-state index in [9.17, 15) is 4.79 Å². The molecule has 6 heteroatoms. The number of carbonyl (C=O) groups excluding carboxylic acids is 1. The molecule has 0 saturated heterocycles. The number of hydrogen-bond acceptors (Lipinski definition) is 5. The minimum absolute atomic E-state index is 0.0540. The van der Waals surface area contributed by atoms with Gasteiger partial charge in [0.15, 0.2) is 0 Å². The Labute approximate surface area is 149 Å². The van der Waals surface area contributed by atoms with Crippen LogP contribution in [0.15, 0.2) is 55.0 Å². The zero-order chi connectivity index (χ0) is 17.4. The van der Waals surface area contributed by atoms with Gasteiger partial charge in [-0.3, -0.25) is 9.78 Å². The molecular formula is C19H17N3O2S. The van der Waals surface area contributed by atoms with E-state index in [1.807, 2.05) is 50.2 Å². The Balaban J connectivity index is 1.69. The number of hydrogen-bond donors (Lipinski definition) is 0. The minimum Gasteiger partial charge on any atom is -0.484 e. The smallest absolute Gasteiger partial charge is 0.270 e. The Kier molecular flexibility index (Phi) is 3.77. The number of pyridine rings is 1. The number of fused-ring (bicyclic) bond motifs is 1. The van der Waals surface area contributed by atoms with Gasteiger partial charge in [-0.25, -0.2) is 4.98 Å². The third-order valence-corrected chi connectivity index (χ3v) is 5.00. The molecule has 5 nitrogen and oxygen atoms in total. The zero-order valence-corrected chi connectivity index (χ0v) is 14.8. The first-order chi connectivity index (χ1) is 12.0. The number of rotatable bonds is 2. The number of amides is 1. The van der Waals surface area contributed by atoms with Gasteiger partial charge in [-0.1, -0.05) is 12.1 Å². The second kappa shape index (κ2) is 5.97. The third-order valence-electron chi connectivity index (χ3n) is 3.97. The van der Waals surface area contributed by atoms with Crippen molar-refractivity contribution in [2.24, 2.45) is 0 Å². The van der Waals surface area contributed by atoms with Crippen LogP contribution in [0, 0.1) is 0 Å². The summed E-state index contributed by atoms with van der Waals surface area (Å²) in [6.45, 7) is 4.46. The van der Waals surface area contributed by atoms with Crippen LogP contribution < -0.4 is 9.64 Å². The van der Waals surface area contributed by atoms with Crippen LogP contribution in [0.3, 0.4) is 0 Å². The van der Waals surface area contributed by atoms with Crippen molar-refractivity contribution in [3.63, 3.8) is 0 Å². The minimum atomic E-state index is -0.442. The molecule has 25 heavy (non-hydrogen) atoms. The van der Waals surface area contributed by atoms with Crippen LogP contribution in [-0.2, 0) is 0 Å². The molecule has 1 aliphatic heterocycles.